The van der Waals surface area contributed by atoms with Crippen LogP contribution >= 0.6 is 0 Å². The molecule has 0 bridgehead atoms. The summed E-state index contributed by atoms with van der Waals surface area (Å²) in [5, 5.41) is 12.0. The van der Waals surface area contributed by atoms with Gasteiger partial charge >= 0.3 is 12.3 Å². The van der Waals surface area contributed by atoms with E-state index in [4.69, 9.17) is 0 Å². The van der Waals surface area contributed by atoms with Gasteiger partial charge in [0.2, 0.25) is 5.78 Å². The molecule has 44 heavy (non-hydrogen) atoms. The first kappa shape index (κ1) is 30.5. The SMILES string of the molecule is CC(=O)C(F)(F)c1cc(-c2ccc(-c3cccc(S(C)(=O)=O)c3)cc2-n2nncc2-c2ccc(OC(F)(F)F)cc2)n(C)n1. The number of sulfone groups is 1. The molecular formula is C29H22F5N5O4S. The van der Waals surface area contributed by atoms with Crippen LogP contribution in [0.2, 0.25) is 0 Å². The number of carbonyl (C=O) groups excluding carboxylic acids is 1. The number of benzene rings is 3. The summed E-state index contributed by atoms with van der Waals surface area (Å²) in [6, 6.07) is 17.1. The third-order valence-corrected chi connectivity index (χ3v) is 7.78. The molecule has 0 radical (unpaired) electrons. The maximum absolute atomic E-state index is 14.6. The average Bonchev–Trinajstić information content (AvgIpc) is 3.59. The standard InChI is InChI=1S/C29H22F5N5O4S/c1-17(40)28(30,31)27-15-24(38(2)36-27)23-12-9-20(19-5-4-6-22(13-19)44(3,41)42)14-25(23)39-26(16-35-37-39)18-7-10-21(11-8-18)43-29(32,33)34/h4-16H,1-3H3. The molecule has 5 rings (SSSR count). The summed E-state index contributed by atoms with van der Waals surface area (Å²) in [7, 11) is -2.12. The van der Waals surface area contributed by atoms with Gasteiger partial charge in [0.05, 0.1) is 28.2 Å². The van der Waals surface area contributed by atoms with Crippen LogP contribution in [0.5, 0.6) is 5.75 Å². The Kier molecular flexibility index (Phi) is 7.61. The number of carbonyl (C=O) groups is 1. The van der Waals surface area contributed by atoms with Crippen LogP contribution in [0.4, 0.5) is 22.0 Å². The Morgan fingerprint density at radius 3 is 2.16 bits per heavy atom. The maximum atomic E-state index is 14.6. The molecule has 0 atom stereocenters. The molecule has 0 aliphatic heterocycles. The quantitative estimate of drug-likeness (QED) is 0.194. The summed E-state index contributed by atoms with van der Waals surface area (Å²) < 4.78 is 98.1. The van der Waals surface area contributed by atoms with Crippen LogP contribution < -0.4 is 4.74 Å². The second-order valence-corrected chi connectivity index (χ2v) is 11.8. The van der Waals surface area contributed by atoms with Crippen molar-refractivity contribution in [3.05, 3.63) is 84.7 Å². The largest absolute Gasteiger partial charge is 0.573 e. The molecule has 0 amide bonds. The molecular weight excluding hydrogens is 609 g/mol. The zero-order chi connectivity index (χ0) is 32.0. The predicted molar refractivity (Wildman–Crippen MR) is 149 cm³/mol. The van der Waals surface area contributed by atoms with Gasteiger partial charge in [0.1, 0.15) is 11.4 Å². The summed E-state index contributed by atoms with van der Waals surface area (Å²) in [6.07, 6.45) is -2.45. The second-order valence-electron chi connectivity index (χ2n) is 9.80. The Morgan fingerprint density at radius 1 is 0.864 bits per heavy atom. The molecule has 0 fully saturated rings. The predicted octanol–water partition coefficient (Wildman–Crippen LogP) is 5.98. The van der Waals surface area contributed by atoms with Crippen LogP contribution in [0.25, 0.3) is 39.3 Å². The highest BCUT2D eigenvalue weighted by Gasteiger charge is 2.41. The summed E-state index contributed by atoms with van der Waals surface area (Å²) in [5.41, 5.74) is 1.80. The van der Waals surface area contributed by atoms with Gasteiger partial charge in [0, 0.05) is 31.4 Å². The number of hydrogen-bond donors (Lipinski definition) is 0. The number of halogens is 5. The first-order valence-electron chi connectivity index (χ1n) is 12.7. The van der Waals surface area contributed by atoms with Gasteiger partial charge in [0.15, 0.2) is 9.84 Å². The van der Waals surface area contributed by atoms with E-state index < -0.39 is 39.3 Å². The van der Waals surface area contributed by atoms with Crippen molar-refractivity contribution in [2.24, 2.45) is 7.05 Å². The van der Waals surface area contributed by atoms with E-state index in [0.29, 0.717) is 27.9 Å². The molecule has 9 nitrogen and oxygen atoms in total. The van der Waals surface area contributed by atoms with Crippen molar-refractivity contribution in [2.75, 3.05) is 6.26 Å². The van der Waals surface area contributed by atoms with E-state index >= 15 is 0 Å². The lowest BCUT2D eigenvalue weighted by Crippen LogP contribution is -2.23. The number of aryl methyl sites for hydroxylation is 1. The van der Waals surface area contributed by atoms with E-state index in [9.17, 15) is 35.2 Å². The van der Waals surface area contributed by atoms with E-state index in [0.717, 1.165) is 31.4 Å². The number of ether oxygens (including phenoxy) is 1. The van der Waals surface area contributed by atoms with Gasteiger partial charge in [-0.15, -0.1) is 18.3 Å². The van der Waals surface area contributed by atoms with Gasteiger partial charge in [-0.05, 0) is 59.7 Å². The number of nitrogens with zero attached hydrogens (tertiary/aromatic N) is 5. The van der Waals surface area contributed by atoms with Gasteiger partial charge in [-0.3, -0.25) is 9.48 Å². The normalized spacial score (nSPS) is 12.4. The first-order valence-corrected chi connectivity index (χ1v) is 14.6. The molecule has 0 N–H and O–H groups in total. The number of rotatable bonds is 8. The number of ketones is 1. The summed E-state index contributed by atoms with van der Waals surface area (Å²) in [6.45, 7) is 0.756. The van der Waals surface area contributed by atoms with E-state index in [-0.39, 0.29) is 16.3 Å². The van der Waals surface area contributed by atoms with Crippen molar-refractivity contribution in [1.29, 1.82) is 0 Å². The zero-order valence-corrected chi connectivity index (χ0v) is 24.0. The van der Waals surface area contributed by atoms with Gasteiger partial charge < -0.3 is 4.74 Å². The highest BCUT2D eigenvalue weighted by Crippen LogP contribution is 2.37. The summed E-state index contributed by atoms with van der Waals surface area (Å²) >= 11 is 0. The lowest BCUT2D eigenvalue weighted by molar-refractivity contribution is -0.274. The van der Waals surface area contributed by atoms with Crippen molar-refractivity contribution < 1.29 is 39.9 Å². The van der Waals surface area contributed by atoms with Gasteiger partial charge in [-0.25, -0.2) is 13.1 Å². The third-order valence-electron chi connectivity index (χ3n) is 6.67. The van der Waals surface area contributed by atoms with Crippen LogP contribution in [0.15, 0.2) is 83.9 Å². The number of alkyl halides is 5. The molecule has 2 heterocycles. The second kappa shape index (κ2) is 11.0. The number of aromatic nitrogens is 5. The van der Waals surface area contributed by atoms with Crippen molar-refractivity contribution >= 4 is 15.6 Å². The van der Waals surface area contributed by atoms with Crippen molar-refractivity contribution in [2.45, 2.75) is 24.1 Å². The smallest absolute Gasteiger partial charge is 0.406 e. The number of Topliss-reactive ketones (excluding diaryl/α,β-unsaturated/α-hetero) is 1. The molecule has 0 aliphatic carbocycles. The molecule has 0 saturated heterocycles. The van der Waals surface area contributed by atoms with Crippen LogP contribution in [-0.4, -0.2) is 51.6 Å². The monoisotopic (exact) mass is 631 g/mol. The van der Waals surface area contributed by atoms with Crippen LogP contribution in [-0.2, 0) is 27.6 Å². The summed E-state index contributed by atoms with van der Waals surface area (Å²) in [5.74, 6) is -5.68. The minimum Gasteiger partial charge on any atom is -0.406 e. The Bertz CT molecular complexity index is 1980. The molecule has 0 spiro atoms. The highest BCUT2D eigenvalue weighted by molar-refractivity contribution is 7.90. The highest BCUT2D eigenvalue weighted by atomic mass is 32.2. The van der Waals surface area contributed by atoms with Gasteiger partial charge in [0.25, 0.3) is 0 Å². The van der Waals surface area contributed by atoms with E-state index in [1.807, 2.05) is 0 Å². The lowest BCUT2D eigenvalue weighted by Gasteiger charge is -2.15. The molecule has 3 aromatic carbocycles. The number of hydrogen-bond acceptors (Lipinski definition) is 7. The summed E-state index contributed by atoms with van der Waals surface area (Å²) in [4.78, 5) is 11.7. The lowest BCUT2D eigenvalue weighted by atomic mass is 10.00. The fourth-order valence-corrected chi connectivity index (χ4v) is 5.17. The minimum atomic E-state index is -4.88. The third kappa shape index (κ3) is 6.08. The van der Waals surface area contributed by atoms with Crippen molar-refractivity contribution in [3.63, 3.8) is 0 Å². The minimum absolute atomic E-state index is 0.0750. The average molecular weight is 632 g/mol. The van der Waals surface area contributed by atoms with Crippen molar-refractivity contribution in [3.8, 4) is 45.1 Å². The Balaban J connectivity index is 1.70. The molecule has 5 aromatic rings. The molecule has 2 aromatic heterocycles. The first-order chi connectivity index (χ1) is 20.5. The Morgan fingerprint density at radius 2 is 1.52 bits per heavy atom. The van der Waals surface area contributed by atoms with Gasteiger partial charge in [-0.1, -0.05) is 29.5 Å². The Hall–Kier alpha value is -4.92. The topological polar surface area (TPSA) is 109 Å². The van der Waals surface area contributed by atoms with E-state index in [2.05, 4.69) is 20.1 Å². The van der Waals surface area contributed by atoms with Crippen LogP contribution in [0.1, 0.15) is 12.6 Å². The maximum Gasteiger partial charge on any atom is 0.573 e. The fraction of sp³-hybridized carbons (Fsp3) is 0.172. The molecule has 0 aliphatic rings. The van der Waals surface area contributed by atoms with E-state index in [1.165, 1.54) is 46.9 Å². The zero-order valence-electron chi connectivity index (χ0n) is 23.2. The Labute approximate surface area is 247 Å². The van der Waals surface area contributed by atoms with Crippen LogP contribution in [0, 0.1) is 0 Å². The molecule has 0 saturated carbocycles. The van der Waals surface area contributed by atoms with Crippen molar-refractivity contribution in [1.82, 2.24) is 24.8 Å². The molecule has 15 heteroatoms. The molecule has 228 valence electrons. The van der Waals surface area contributed by atoms with Crippen LogP contribution in [0.3, 0.4) is 0 Å². The fourth-order valence-electron chi connectivity index (χ4n) is 4.50. The van der Waals surface area contributed by atoms with E-state index in [1.54, 1.807) is 30.3 Å². The van der Waals surface area contributed by atoms with Gasteiger partial charge in [-0.2, -0.15) is 13.9 Å². The molecule has 0 unspecified atom stereocenters.